The lowest BCUT2D eigenvalue weighted by Gasteiger charge is -2.13. The average molecular weight is 352 g/mol. The van der Waals surface area contributed by atoms with E-state index >= 15 is 0 Å². The van der Waals surface area contributed by atoms with Gasteiger partial charge in [-0.15, -0.1) is 24.0 Å². The fourth-order valence-electron chi connectivity index (χ4n) is 1.47. The van der Waals surface area contributed by atoms with E-state index in [1.165, 1.54) is 0 Å². The molecule has 7 heteroatoms. The van der Waals surface area contributed by atoms with Crippen LogP contribution in [-0.2, 0) is 13.6 Å². The Morgan fingerprint density at radius 3 is 2.59 bits per heavy atom. The fraction of sp³-hybridized carbons (Fsp3) is 0.600. The van der Waals surface area contributed by atoms with Crippen LogP contribution in [0.2, 0.25) is 0 Å². The summed E-state index contributed by atoms with van der Waals surface area (Å²) in [5, 5.41) is 6.16. The molecular formula is C10H21IN6. The highest BCUT2D eigenvalue weighted by molar-refractivity contribution is 14.0. The van der Waals surface area contributed by atoms with E-state index in [-0.39, 0.29) is 24.0 Å². The summed E-state index contributed by atoms with van der Waals surface area (Å²) in [5.74, 6) is 1.71. The highest BCUT2D eigenvalue weighted by Gasteiger charge is 2.07. The number of anilines is 1. The van der Waals surface area contributed by atoms with Crippen LogP contribution in [0.3, 0.4) is 0 Å². The molecule has 0 aromatic carbocycles. The number of nitrogens with one attached hydrogen (secondary N) is 2. The van der Waals surface area contributed by atoms with Crippen LogP contribution in [0, 0.1) is 0 Å². The summed E-state index contributed by atoms with van der Waals surface area (Å²) in [5.41, 5.74) is 1.11. The van der Waals surface area contributed by atoms with Crippen LogP contribution in [0.15, 0.2) is 11.2 Å². The topological polar surface area (TPSA) is 57.5 Å². The van der Waals surface area contributed by atoms with E-state index in [2.05, 4.69) is 25.2 Å². The normalized spacial score (nSPS) is 10.8. The number of imidazole rings is 1. The molecule has 0 atom stereocenters. The summed E-state index contributed by atoms with van der Waals surface area (Å²) in [6.45, 7) is 0.699. The van der Waals surface area contributed by atoms with Crippen LogP contribution < -0.4 is 15.5 Å². The molecule has 98 valence electrons. The van der Waals surface area contributed by atoms with Gasteiger partial charge >= 0.3 is 0 Å². The van der Waals surface area contributed by atoms with Crippen molar-refractivity contribution in [3.05, 3.63) is 11.9 Å². The highest BCUT2D eigenvalue weighted by atomic mass is 127. The van der Waals surface area contributed by atoms with Gasteiger partial charge in [-0.05, 0) is 0 Å². The molecule has 6 nitrogen and oxygen atoms in total. The quantitative estimate of drug-likeness (QED) is 0.470. The van der Waals surface area contributed by atoms with E-state index in [1.807, 2.05) is 39.3 Å². The second-order valence-electron chi connectivity index (χ2n) is 3.68. The molecule has 1 aromatic heterocycles. The van der Waals surface area contributed by atoms with Crippen molar-refractivity contribution in [1.82, 2.24) is 20.2 Å². The largest absolute Gasteiger partial charge is 0.359 e. The van der Waals surface area contributed by atoms with Gasteiger partial charge < -0.3 is 20.1 Å². The predicted molar refractivity (Wildman–Crippen MR) is 82.2 cm³/mol. The smallest absolute Gasteiger partial charge is 0.204 e. The Bertz CT molecular complexity index is 371. The Morgan fingerprint density at radius 1 is 1.53 bits per heavy atom. The highest BCUT2D eigenvalue weighted by Crippen LogP contribution is 2.10. The number of aliphatic imine (C=N–C) groups is 1. The van der Waals surface area contributed by atoms with Gasteiger partial charge in [-0.1, -0.05) is 0 Å². The first-order valence-corrected chi connectivity index (χ1v) is 5.16. The SMILES string of the molecule is CN=C(NC)NCc1cnc(N(C)C)n1C.I. The zero-order chi connectivity index (χ0) is 12.1. The van der Waals surface area contributed by atoms with Crippen molar-refractivity contribution in [2.24, 2.45) is 12.0 Å². The number of hydrogen-bond donors (Lipinski definition) is 2. The Balaban J connectivity index is 0.00000256. The van der Waals surface area contributed by atoms with Gasteiger partial charge in [0.15, 0.2) is 5.96 Å². The summed E-state index contributed by atoms with van der Waals surface area (Å²) in [6.07, 6.45) is 1.87. The zero-order valence-corrected chi connectivity index (χ0v) is 13.3. The second-order valence-corrected chi connectivity index (χ2v) is 3.68. The van der Waals surface area contributed by atoms with Crippen molar-refractivity contribution in [3.63, 3.8) is 0 Å². The molecule has 0 aliphatic heterocycles. The minimum Gasteiger partial charge on any atom is -0.359 e. The monoisotopic (exact) mass is 352 g/mol. The number of guanidine groups is 1. The first-order valence-electron chi connectivity index (χ1n) is 5.16. The third-order valence-corrected chi connectivity index (χ3v) is 2.36. The van der Waals surface area contributed by atoms with Gasteiger partial charge in [0.1, 0.15) is 0 Å². The van der Waals surface area contributed by atoms with E-state index in [0.29, 0.717) is 6.54 Å². The summed E-state index contributed by atoms with van der Waals surface area (Å²) in [4.78, 5) is 10.4. The Morgan fingerprint density at radius 2 is 2.18 bits per heavy atom. The Kier molecular flexibility index (Phi) is 6.93. The number of hydrogen-bond acceptors (Lipinski definition) is 3. The molecular weight excluding hydrogens is 331 g/mol. The van der Waals surface area contributed by atoms with Crippen molar-refractivity contribution < 1.29 is 0 Å². The summed E-state index contributed by atoms with van der Waals surface area (Å²) in [6, 6.07) is 0. The van der Waals surface area contributed by atoms with Gasteiger partial charge in [-0.25, -0.2) is 4.98 Å². The first-order chi connectivity index (χ1) is 7.60. The average Bonchev–Trinajstić information content (AvgIpc) is 2.62. The molecule has 2 N–H and O–H groups in total. The molecule has 1 rings (SSSR count). The molecule has 0 amide bonds. The maximum absolute atomic E-state index is 4.33. The zero-order valence-electron chi connectivity index (χ0n) is 11.0. The molecule has 0 aliphatic rings. The van der Waals surface area contributed by atoms with Gasteiger partial charge in [0.2, 0.25) is 5.95 Å². The Labute approximate surface area is 120 Å². The van der Waals surface area contributed by atoms with Crippen LogP contribution >= 0.6 is 24.0 Å². The molecule has 0 bridgehead atoms. The van der Waals surface area contributed by atoms with Crippen LogP contribution in [0.1, 0.15) is 5.69 Å². The second kappa shape index (κ2) is 7.36. The lowest BCUT2D eigenvalue weighted by molar-refractivity contribution is 0.756. The predicted octanol–water partition coefficient (Wildman–Crippen LogP) is 0.399. The molecule has 1 aromatic rings. The van der Waals surface area contributed by atoms with Gasteiger partial charge in [0.25, 0.3) is 0 Å². The van der Waals surface area contributed by atoms with E-state index < -0.39 is 0 Å². The van der Waals surface area contributed by atoms with Crippen LogP contribution in [0.5, 0.6) is 0 Å². The molecule has 1 heterocycles. The van der Waals surface area contributed by atoms with Crippen LogP contribution in [0.25, 0.3) is 0 Å². The van der Waals surface area contributed by atoms with Crippen molar-refractivity contribution in [2.75, 3.05) is 33.1 Å². The van der Waals surface area contributed by atoms with E-state index in [4.69, 9.17) is 0 Å². The molecule has 0 radical (unpaired) electrons. The van der Waals surface area contributed by atoms with Crippen molar-refractivity contribution in [3.8, 4) is 0 Å². The lowest BCUT2D eigenvalue weighted by Crippen LogP contribution is -2.34. The molecule has 0 fully saturated rings. The van der Waals surface area contributed by atoms with Crippen LogP contribution in [0.4, 0.5) is 5.95 Å². The standard InChI is InChI=1S/C10H20N6.HI/c1-11-9(12-2)13-6-8-7-14-10(15(3)4)16(8)5;/h7H,6H2,1-5H3,(H2,11,12,13);1H. The van der Waals surface area contributed by atoms with E-state index in [1.54, 1.807) is 7.05 Å². The number of aromatic nitrogens is 2. The van der Waals surface area contributed by atoms with Crippen LogP contribution in [-0.4, -0.2) is 43.7 Å². The maximum atomic E-state index is 4.33. The molecule has 0 spiro atoms. The summed E-state index contributed by atoms with van der Waals surface area (Å²) in [7, 11) is 9.54. The third kappa shape index (κ3) is 4.06. The first kappa shape index (κ1) is 16.0. The fourth-order valence-corrected chi connectivity index (χ4v) is 1.47. The van der Waals surface area contributed by atoms with Crippen molar-refractivity contribution in [2.45, 2.75) is 6.54 Å². The van der Waals surface area contributed by atoms with Crippen molar-refractivity contribution >= 4 is 35.9 Å². The maximum Gasteiger partial charge on any atom is 0.204 e. The number of rotatable bonds is 3. The lowest BCUT2D eigenvalue weighted by atomic mass is 10.4. The molecule has 0 saturated heterocycles. The minimum atomic E-state index is 0. The molecule has 0 aliphatic carbocycles. The number of halogens is 1. The number of nitrogens with zero attached hydrogens (tertiary/aromatic N) is 4. The van der Waals surface area contributed by atoms with Gasteiger partial charge in [-0.3, -0.25) is 4.99 Å². The molecule has 0 unspecified atom stereocenters. The van der Waals surface area contributed by atoms with Gasteiger partial charge in [0, 0.05) is 35.2 Å². The molecule has 0 saturated carbocycles. The summed E-state index contributed by atoms with van der Waals surface area (Å²) >= 11 is 0. The third-order valence-electron chi connectivity index (χ3n) is 2.36. The molecule has 17 heavy (non-hydrogen) atoms. The van der Waals surface area contributed by atoms with Gasteiger partial charge in [-0.2, -0.15) is 0 Å². The minimum absolute atomic E-state index is 0. The Hall–Kier alpha value is -0.990. The van der Waals surface area contributed by atoms with Gasteiger partial charge in [0.05, 0.1) is 18.4 Å². The van der Waals surface area contributed by atoms with E-state index in [9.17, 15) is 0 Å². The summed E-state index contributed by atoms with van der Waals surface area (Å²) < 4.78 is 2.05. The van der Waals surface area contributed by atoms with Crippen molar-refractivity contribution in [1.29, 1.82) is 0 Å². The van der Waals surface area contributed by atoms with E-state index in [0.717, 1.165) is 17.6 Å².